The van der Waals surface area contributed by atoms with Gasteiger partial charge < -0.3 is 19.9 Å². The fourth-order valence-corrected chi connectivity index (χ4v) is 4.43. The van der Waals surface area contributed by atoms with Crippen LogP contribution in [0.1, 0.15) is 21.8 Å². The Hall–Kier alpha value is -3.16. The molecule has 1 N–H and O–H groups in total. The molecule has 0 spiro atoms. The molecule has 0 bridgehead atoms. The van der Waals surface area contributed by atoms with E-state index in [4.69, 9.17) is 4.74 Å². The molecule has 4 rings (SSSR count). The first-order valence-electron chi connectivity index (χ1n) is 11.1. The van der Waals surface area contributed by atoms with Crippen LogP contribution >= 0.6 is 11.3 Å². The molecule has 0 saturated carbocycles. The first-order chi connectivity index (χ1) is 16.0. The van der Waals surface area contributed by atoms with E-state index in [2.05, 4.69) is 40.1 Å². The van der Waals surface area contributed by atoms with Crippen molar-refractivity contribution in [2.45, 2.75) is 20.5 Å². The molecular formula is C26H30N4O2S. The number of ether oxygens (including phenoxy) is 1. The molecule has 2 heterocycles. The predicted octanol–water partition coefficient (Wildman–Crippen LogP) is 4.74. The van der Waals surface area contributed by atoms with E-state index in [1.807, 2.05) is 48.7 Å². The maximum atomic E-state index is 12.5. The first-order valence-corrected chi connectivity index (χ1v) is 12.0. The maximum Gasteiger partial charge on any atom is 0.248 e. The van der Waals surface area contributed by atoms with Crippen molar-refractivity contribution >= 4 is 34.7 Å². The minimum atomic E-state index is -0.161. The summed E-state index contributed by atoms with van der Waals surface area (Å²) in [6, 6.07) is 13.8. The summed E-state index contributed by atoms with van der Waals surface area (Å²) in [5.41, 5.74) is 5.03. The Balaban J connectivity index is 1.33. The summed E-state index contributed by atoms with van der Waals surface area (Å²) < 4.78 is 5.83. The van der Waals surface area contributed by atoms with E-state index in [1.54, 1.807) is 23.5 Å². The fraction of sp³-hybridized carbons (Fsp3) is 0.308. The number of rotatable bonds is 7. The fourth-order valence-electron chi connectivity index (χ4n) is 3.83. The molecule has 1 aliphatic rings. The van der Waals surface area contributed by atoms with Gasteiger partial charge in [0.15, 0.2) is 0 Å². The number of hydrogen-bond acceptors (Lipinski definition) is 6. The summed E-state index contributed by atoms with van der Waals surface area (Å²) >= 11 is 1.61. The van der Waals surface area contributed by atoms with Crippen LogP contribution in [0.15, 0.2) is 53.9 Å². The second-order valence-electron chi connectivity index (χ2n) is 8.33. The SMILES string of the molecule is Cc1nc(COc2cccc(/C=C/C(=O)Nc3ccc(N4CCN(C)CC4)c(C)c3)c2)cs1. The Morgan fingerprint density at radius 3 is 2.70 bits per heavy atom. The number of thiazole rings is 1. The van der Waals surface area contributed by atoms with Gasteiger partial charge in [0.2, 0.25) is 5.91 Å². The van der Waals surface area contributed by atoms with Crippen LogP contribution in [-0.2, 0) is 11.4 Å². The molecule has 0 atom stereocenters. The van der Waals surface area contributed by atoms with E-state index in [1.165, 1.54) is 11.3 Å². The second-order valence-corrected chi connectivity index (χ2v) is 9.40. The van der Waals surface area contributed by atoms with E-state index in [0.29, 0.717) is 6.61 Å². The summed E-state index contributed by atoms with van der Waals surface area (Å²) in [4.78, 5) is 21.6. The molecule has 33 heavy (non-hydrogen) atoms. The number of nitrogens with zero attached hydrogens (tertiary/aromatic N) is 3. The number of hydrogen-bond donors (Lipinski definition) is 1. The highest BCUT2D eigenvalue weighted by Gasteiger charge is 2.16. The Kier molecular flexibility index (Phi) is 7.42. The van der Waals surface area contributed by atoms with Gasteiger partial charge in [0.05, 0.1) is 10.7 Å². The molecule has 0 radical (unpaired) electrons. The number of benzene rings is 2. The highest BCUT2D eigenvalue weighted by Crippen LogP contribution is 2.25. The van der Waals surface area contributed by atoms with Gasteiger partial charge in [-0.05, 0) is 68.4 Å². The zero-order valence-corrected chi connectivity index (χ0v) is 20.2. The number of aryl methyl sites for hydroxylation is 2. The standard InChI is InChI=1S/C26H30N4O2S/c1-19-15-22(8-9-25(19)30-13-11-29(3)12-14-30)28-26(31)10-7-21-5-4-6-24(16-21)32-17-23-18-33-20(2)27-23/h4-10,15-16,18H,11-14,17H2,1-3H3,(H,28,31)/b10-7+. The summed E-state index contributed by atoms with van der Waals surface area (Å²) in [6.45, 7) is 8.70. The first kappa shape index (κ1) is 23.0. The molecule has 3 aromatic rings. The van der Waals surface area contributed by atoms with E-state index in [0.717, 1.165) is 53.9 Å². The normalized spacial score (nSPS) is 14.6. The van der Waals surface area contributed by atoms with Gasteiger partial charge in [0.1, 0.15) is 12.4 Å². The van der Waals surface area contributed by atoms with Crippen molar-refractivity contribution in [3.8, 4) is 5.75 Å². The van der Waals surface area contributed by atoms with Crippen molar-refractivity contribution in [1.82, 2.24) is 9.88 Å². The zero-order chi connectivity index (χ0) is 23.2. The van der Waals surface area contributed by atoms with Crippen LogP contribution in [0.3, 0.4) is 0 Å². The Morgan fingerprint density at radius 2 is 1.97 bits per heavy atom. The molecule has 6 nitrogen and oxygen atoms in total. The van der Waals surface area contributed by atoms with Crippen molar-refractivity contribution in [3.63, 3.8) is 0 Å². The number of piperazine rings is 1. The lowest BCUT2D eigenvalue weighted by Crippen LogP contribution is -2.44. The summed E-state index contributed by atoms with van der Waals surface area (Å²) in [7, 11) is 2.16. The van der Waals surface area contributed by atoms with Crippen molar-refractivity contribution in [2.75, 3.05) is 43.4 Å². The zero-order valence-electron chi connectivity index (χ0n) is 19.4. The van der Waals surface area contributed by atoms with Crippen molar-refractivity contribution in [1.29, 1.82) is 0 Å². The monoisotopic (exact) mass is 462 g/mol. The number of carbonyl (C=O) groups excluding carboxylic acids is 1. The summed E-state index contributed by atoms with van der Waals surface area (Å²) in [6.07, 6.45) is 3.34. The second kappa shape index (κ2) is 10.6. The largest absolute Gasteiger partial charge is 0.487 e. The molecule has 2 aromatic carbocycles. The molecule has 1 fully saturated rings. The third kappa shape index (κ3) is 6.43. The molecule has 1 amide bonds. The molecule has 1 aromatic heterocycles. The average molecular weight is 463 g/mol. The Morgan fingerprint density at radius 1 is 1.15 bits per heavy atom. The molecule has 172 valence electrons. The summed E-state index contributed by atoms with van der Waals surface area (Å²) in [5, 5.41) is 5.99. The van der Waals surface area contributed by atoms with Gasteiger partial charge in [-0.1, -0.05) is 12.1 Å². The maximum absolute atomic E-state index is 12.5. The van der Waals surface area contributed by atoms with Crippen LogP contribution in [0.5, 0.6) is 5.75 Å². The van der Waals surface area contributed by atoms with Crippen LogP contribution in [0.2, 0.25) is 0 Å². The number of amides is 1. The Labute approximate surface area is 199 Å². The van der Waals surface area contributed by atoms with Gasteiger partial charge in [0, 0.05) is 49.0 Å². The topological polar surface area (TPSA) is 57.7 Å². The molecule has 0 unspecified atom stereocenters. The number of anilines is 2. The highest BCUT2D eigenvalue weighted by molar-refractivity contribution is 7.09. The smallest absolute Gasteiger partial charge is 0.248 e. The van der Waals surface area contributed by atoms with E-state index in [-0.39, 0.29) is 5.91 Å². The minimum absolute atomic E-state index is 0.161. The molecule has 0 aliphatic carbocycles. The lowest BCUT2D eigenvalue weighted by atomic mass is 10.1. The van der Waals surface area contributed by atoms with E-state index >= 15 is 0 Å². The van der Waals surface area contributed by atoms with Crippen molar-refractivity contribution in [2.24, 2.45) is 0 Å². The van der Waals surface area contributed by atoms with Crippen LogP contribution in [-0.4, -0.2) is 49.0 Å². The van der Waals surface area contributed by atoms with E-state index in [9.17, 15) is 4.79 Å². The molecule has 1 saturated heterocycles. The quantitative estimate of drug-likeness (QED) is 0.514. The molecule has 7 heteroatoms. The molecular weight excluding hydrogens is 432 g/mol. The van der Waals surface area contributed by atoms with Crippen LogP contribution in [0.25, 0.3) is 6.08 Å². The van der Waals surface area contributed by atoms with E-state index < -0.39 is 0 Å². The van der Waals surface area contributed by atoms with Gasteiger partial charge in [-0.15, -0.1) is 11.3 Å². The number of aromatic nitrogens is 1. The number of likely N-dealkylation sites (N-methyl/N-ethyl adjacent to an activating group) is 1. The minimum Gasteiger partial charge on any atom is -0.487 e. The van der Waals surface area contributed by atoms with Gasteiger partial charge in [0.25, 0.3) is 0 Å². The van der Waals surface area contributed by atoms with Gasteiger partial charge in [-0.25, -0.2) is 4.98 Å². The van der Waals surface area contributed by atoms with Crippen LogP contribution in [0.4, 0.5) is 11.4 Å². The predicted molar refractivity (Wildman–Crippen MR) is 136 cm³/mol. The third-order valence-corrected chi connectivity index (χ3v) is 6.47. The Bertz CT molecular complexity index is 1130. The highest BCUT2D eigenvalue weighted by atomic mass is 32.1. The number of carbonyl (C=O) groups is 1. The average Bonchev–Trinajstić information content (AvgIpc) is 3.23. The molecule has 1 aliphatic heterocycles. The third-order valence-electron chi connectivity index (χ3n) is 5.65. The van der Waals surface area contributed by atoms with Crippen molar-refractivity contribution < 1.29 is 9.53 Å². The van der Waals surface area contributed by atoms with Crippen LogP contribution < -0.4 is 15.0 Å². The van der Waals surface area contributed by atoms with Gasteiger partial charge in [-0.3, -0.25) is 4.79 Å². The summed E-state index contributed by atoms with van der Waals surface area (Å²) in [5.74, 6) is 0.587. The van der Waals surface area contributed by atoms with Crippen LogP contribution in [0, 0.1) is 13.8 Å². The lowest BCUT2D eigenvalue weighted by Gasteiger charge is -2.35. The van der Waals surface area contributed by atoms with Gasteiger partial charge in [-0.2, -0.15) is 0 Å². The number of nitrogens with one attached hydrogen (secondary N) is 1. The van der Waals surface area contributed by atoms with Gasteiger partial charge >= 0.3 is 0 Å². The lowest BCUT2D eigenvalue weighted by molar-refractivity contribution is -0.111. The van der Waals surface area contributed by atoms with Crippen molar-refractivity contribution in [3.05, 3.63) is 75.7 Å².